The molecule has 0 spiro atoms. The summed E-state index contributed by atoms with van der Waals surface area (Å²) < 4.78 is 111. The van der Waals surface area contributed by atoms with Crippen LogP contribution in [0.4, 0.5) is 42.1 Å². The topological polar surface area (TPSA) is 132 Å². The van der Waals surface area contributed by atoms with Crippen molar-refractivity contribution >= 4 is 33.1 Å². The quantitative estimate of drug-likeness (QED) is 0.0878. The Morgan fingerprint density at radius 3 is 2.38 bits per heavy atom. The van der Waals surface area contributed by atoms with Gasteiger partial charge in [-0.15, -0.1) is 0 Å². The summed E-state index contributed by atoms with van der Waals surface area (Å²) in [7, 11) is 1.76. The second-order valence-corrected chi connectivity index (χ2v) is 15.0. The molecule has 0 amide bonds. The molecule has 19 heteroatoms. The first kappa shape index (κ1) is 40.6. The van der Waals surface area contributed by atoms with Gasteiger partial charge in [0.05, 0.1) is 53.0 Å². The number of hydrogen-bond donors (Lipinski definition) is 2. The molecule has 0 saturated heterocycles. The number of alkyl halides is 6. The fourth-order valence-electron chi connectivity index (χ4n) is 8.20. The van der Waals surface area contributed by atoms with Crippen molar-refractivity contribution < 1.29 is 40.2 Å². The highest BCUT2D eigenvalue weighted by molar-refractivity contribution is 5.97. The van der Waals surface area contributed by atoms with Crippen molar-refractivity contribution in [2.45, 2.75) is 69.4 Å². The number of nitrogens with one attached hydrogen (secondary N) is 2. The van der Waals surface area contributed by atoms with Crippen molar-refractivity contribution in [3.8, 4) is 11.5 Å². The minimum absolute atomic E-state index is 0.00374. The molecule has 0 aliphatic carbocycles. The van der Waals surface area contributed by atoms with Crippen LogP contribution < -0.4 is 30.8 Å². The fraction of sp³-hybridized carbons (Fsp3) is 0.390. The van der Waals surface area contributed by atoms with Gasteiger partial charge in [-0.1, -0.05) is 37.8 Å². The zero-order valence-corrected chi connectivity index (χ0v) is 32.2. The maximum absolute atomic E-state index is 14.6. The number of benzene rings is 3. The van der Waals surface area contributed by atoms with E-state index in [9.17, 15) is 40.3 Å². The number of fused-ring (bicyclic) bond motifs is 2. The fourth-order valence-corrected chi connectivity index (χ4v) is 8.20. The number of rotatable bonds is 13. The van der Waals surface area contributed by atoms with Crippen LogP contribution in [0, 0.1) is 5.82 Å². The first-order valence-electron chi connectivity index (χ1n) is 19.4. The molecule has 3 aromatic heterocycles. The summed E-state index contributed by atoms with van der Waals surface area (Å²) in [5.41, 5.74) is -0.871. The second-order valence-electron chi connectivity index (χ2n) is 15.0. The lowest BCUT2D eigenvalue weighted by atomic mass is 9.83. The normalized spacial score (nSPS) is 16.5. The van der Waals surface area contributed by atoms with Gasteiger partial charge in [-0.3, -0.25) is 14.3 Å². The minimum Gasteiger partial charge on any atom is -0.494 e. The van der Waals surface area contributed by atoms with E-state index in [0.29, 0.717) is 53.9 Å². The molecule has 2 aliphatic rings. The Labute approximate surface area is 336 Å². The van der Waals surface area contributed by atoms with E-state index >= 15 is 0 Å². The van der Waals surface area contributed by atoms with E-state index in [1.54, 1.807) is 11.7 Å². The van der Waals surface area contributed by atoms with Crippen LogP contribution >= 0.6 is 0 Å². The maximum atomic E-state index is 14.6. The molecule has 0 saturated carbocycles. The van der Waals surface area contributed by atoms with Crippen LogP contribution in [0.5, 0.6) is 11.5 Å². The van der Waals surface area contributed by atoms with E-state index in [-0.39, 0.29) is 47.4 Å². The van der Waals surface area contributed by atoms with Crippen molar-refractivity contribution in [2.24, 2.45) is 7.05 Å². The number of ether oxygens (including phenoxy) is 2. The summed E-state index contributed by atoms with van der Waals surface area (Å²) in [6.45, 7) is -0.994. The van der Waals surface area contributed by atoms with Crippen molar-refractivity contribution in [1.82, 2.24) is 29.5 Å². The lowest BCUT2D eigenvalue weighted by molar-refractivity contribution is -0.136. The summed E-state index contributed by atoms with van der Waals surface area (Å²) in [5.74, 6) is 0.209. The predicted molar refractivity (Wildman–Crippen MR) is 208 cm³/mol. The van der Waals surface area contributed by atoms with Crippen LogP contribution in [0.3, 0.4) is 0 Å². The average Bonchev–Trinajstić information content (AvgIpc) is 3.62. The van der Waals surface area contributed by atoms with Crippen LogP contribution in [0.1, 0.15) is 73.1 Å². The number of H-pyrrole nitrogens is 1. The molecule has 2 N–H and O–H groups in total. The first-order valence-corrected chi connectivity index (χ1v) is 19.4. The Hall–Kier alpha value is -6.14. The third-order valence-corrected chi connectivity index (χ3v) is 11.0. The van der Waals surface area contributed by atoms with Crippen LogP contribution in [0.15, 0.2) is 70.5 Å². The number of nitrogens with zero attached hydrogens (tertiary/aromatic N) is 6. The smallest absolute Gasteiger partial charge is 0.417 e. The Bertz CT molecular complexity index is 2660. The van der Waals surface area contributed by atoms with Crippen LogP contribution in [-0.2, 0) is 19.8 Å². The highest BCUT2D eigenvalue weighted by atomic mass is 19.4. The zero-order chi connectivity index (χ0) is 42.3. The largest absolute Gasteiger partial charge is 0.494 e. The van der Waals surface area contributed by atoms with Gasteiger partial charge in [-0.2, -0.15) is 36.5 Å². The van der Waals surface area contributed by atoms with Crippen molar-refractivity contribution in [3.63, 3.8) is 0 Å². The van der Waals surface area contributed by atoms with Crippen LogP contribution in [0.25, 0.3) is 21.7 Å². The predicted octanol–water partition coefficient (Wildman–Crippen LogP) is 8.00. The summed E-state index contributed by atoms with van der Waals surface area (Å²) in [6, 6.07) is 12.4. The molecule has 12 nitrogen and oxygen atoms in total. The number of hydrogen-bond acceptors (Lipinski definition) is 9. The molecule has 3 aromatic carbocycles. The third kappa shape index (κ3) is 8.21. The number of aromatic nitrogens is 6. The number of halogens is 7. The minimum atomic E-state index is -4.90. The molecule has 0 unspecified atom stereocenters. The molecular formula is C41H39F7N8O4. The van der Waals surface area contributed by atoms with Crippen molar-refractivity contribution in [2.75, 3.05) is 36.5 Å². The molecule has 0 bridgehead atoms. The van der Waals surface area contributed by atoms with Crippen molar-refractivity contribution in [1.29, 1.82) is 0 Å². The average molecular weight is 841 g/mol. The molecule has 316 valence electrons. The SMILES string of the molecule is Cn1ncnc1[C@H]1c2n[nH]c(=O)c3cc(F)cc(c23)N[C@@H]1c1ccc(OCCCCCCCCn2c(=O)cc(C(F)(F)F)c3cc4c(cc32)OCCN4CC(F)(F)F)cc1. The second kappa shape index (κ2) is 16.1. The molecule has 2 atom stereocenters. The Morgan fingerprint density at radius 1 is 0.917 bits per heavy atom. The lowest BCUT2D eigenvalue weighted by Gasteiger charge is -2.33. The molecule has 8 rings (SSSR count). The summed E-state index contributed by atoms with van der Waals surface area (Å²) in [6.07, 6.45) is -3.58. The maximum Gasteiger partial charge on any atom is 0.417 e. The number of aryl methyl sites for hydroxylation is 2. The van der Waals surface area contributed by atoms with Gasteiger partial charge in [0, 0.05) is 42.2 Å². The van der Waals surface area contributed by atoms with Gasteiger partial charge in [-0.05, 0) is 48.7 Å². The van der Waals surface area contributed by atoms with Gasteiger partial charge < -0.3 is 24.3 Å². The van der Waals surface area contributed by atoms with Gasteiger partial charge >= 0.3 is 12.4 Å². The summed E-state index contributed by atoms with van der Waals surface area (Å²) in [5, 5.41) is 14.9. The first-order chi connectivity index (χ1) is 28.7. The molecule has 0 fully saturated rings. The molecule has 2 aliphatic heterocycles. The van der Waals surface area contributed by atoms with Gasteiger partial charge in [0.15, 0.2) is 0 Å². The number of anilines is 2. The lowest BCUT2D eigenvalue weighted by Crippen LogP contribution is -2.39. The van der Waals surface area contributed by atoms with Crippen molar-refractivity contribution in [3.05, 3.63) is 110 Å². The monoisotopic (exact) mass is 840 g/mol. The highest BCUT2D eigenvalue weighted by Crippen LogP contribution is 2.46. The highest BCUT2D eigenvalue weighted by Gasteiger charge is 2.39. The molecule has 6 aromatic rings. The van der Waals surface area contributed by atoms with E-state index in [1.165, 1.54) is 29.1 Å². The van der Waals surface area contributed by atoms with Gasteiger partial charge in [0.25, 0.3) is 11.1 Å². The number of aromatic amines is 1. The van der Waals surface area contributed by atoms with Crippen LogP contribution in [-0.4, -0.2) is 62.0 Å². The van der Waals surface area contributed by atoms with Crippen LogP contribution in [0.2, 0.25) is 0 Å². The van der Waals surface area contributed by atoms with E-state index in [1.807, 2.05) is 24.3 Å². The molecule has 5 heterocycles. The number of pyridine rings is 1. The van der Waals surface area contributed by atoms with Gasteiger partial charge in [0.1, 0.15) is 42.6 Å². The van der Waals surface area contributed by atoms with E-state index in [2.05, 4.69) is 25.6 Å². The summed E-state index contributed by atoms with van der Waals surface area (Å²) in [4.78, 5) is 31.0. The van der Waals surface area contributed by atoms with E-state index in [4.69, 9.17) is 9.47 Å². The van der Waals surface area contributed by atoms with Gasteiger partial charge in [0.2, 0.25) is 0 Å². The Kier molecular flexibility index (Phi) is 10.9. The standard InChI is InChI=1S/C41H39F7N8O4/c1-54-38(49-22-50-54)35-36(51-29-17-24(42)16-27-34(29)37(35)52-53-39(27)58)23-8-10-25(11-9-23)59-14-7-5-3-2-4-6-12-56-30-20-32-31(55(13-15-60-32)21-40(43,44)45)18-26(30)28(19-33(56)57)41(46,47)48/h8-11,16-20,22,35-36,51H,2-7,12-15,21H2,1H3,(H,53,58)/t35-,36-/m1/s1. The molecule has 60 heavy (non-hydrogen) atoms. The molecular weight excluding hydrogens is 801 g/mol. The Morgan fingerprint density at radius 2 is 1.67 bits per heavy atom. The van der Waals surface area contributed by atoms with E-state index in [0.717, 1.165) is 42.2 Å². The van der Waals surface area contributed by atoms with E-state index < -0.39 is 53.4 Å². The zero-order valence-electron chi connectivity index (χ0n) is 32.2. The molecule has 0 radical (unpaired) electrons. The Balaban J connectivity index is 0.854. The third-order valence-electron chi connectivity index (χ3n) is 11.0. The van der Waals surface area contributed by atoms with Gasteiger partial charge in [-0.25, -0.2) is 14.5 Å². The number of unbranched alkanes of at least 4 members (excludes halogenated alkanes) is 5. The summed E-state index contributed by atoms with van der Waals surface area (Å²) >= 11 is 0.